The largest absolute Gasteiger partial charge is 0.358 e. The van der Waals surface area contributed by atoms with Crippen LogP contribution in [-0.4, -0.2) is 29.7 Å². The molecular formula is C20H24N4O. The summed E-state index contributed by atoms with van der Waals surface area (Å²) in [5.74, 6) is 0. The Morgan fingerprint density at radius 1 is 1.16 bits per heavy atom. The van der Waals surface area contributed by atoms with Gasteiger partial charge in [0.1, 0.15) is 0 Å². The highest BCUT2D eigenvalue weighted by Crippen LogP contribution is 2.24. The number of H-pyrrole nitrogens is 1. The smallest absolute Gasteiger partial charge is 0.207 e. The van der Waals surface area contributed by atoms with Crippen LogP contribution in [0.5, 0.6) is 0 Å². The molecule has 0 saturated heterocycles. The molecule has 1 aromatic carbocycles. The minimum atomic E-state index is 0.598. The molecule has 5 nitrogen and oxygen atoms in total. The lowest BCUT2D eigenvalue weighted by atomic mass is 10.0. The van der Waals surface area contributed by atoms with E-state index in [2.05, 4.69) is 51.2 Å². The van der Waals surface area contributed by atoms with Crippen LogP contribution in [0, 0.1) is 0 Å². The molecule has 0 bridgehead atoms. The Balaban J connectivity index is 1.73. The molecule has 0 radical (unpaired) electrons. The standard InChI is InChI=1S/C20H24N4O/c25-15-21-12-11-19-18(14-22-13-16-7-3-1-4-8-16)20(24-23-19)17-9-5-2-6-10-17/h2-3,5-10,15,22H,1,4,11-14H2,(H,21,25)(H,23,24). The highest BCUT2D eigenvalue weighted by Gasteiger charge is 2.14. The van der Waals surface area contributed by atoms with E-state index in [1.54, 1.807) is 0 Å². The molecule has 0 saturated carbocycles. The number of rotatable bonds is 9. The number of aromatic nitrogens is 2. The highest BCUT2D eigenvalue weighted by atomic mass is 16.1. The second-order valence-corrected chi connectivity index (χ2v) is 6.08. The molecule has 0 fully saturated rings. The van der Waals surface area contributed by atoms with Crippen LogP contribution in [0.4, 0.5) is 0 Å². The predicted octanol–water partition coefficient (Wildman–Crippen LogP) is 2.73. The summed E-state index contributed by atoms with van der Waals surface area (Å²) in [6.07, 6.45) is 10.4. The summed E-state index contributed by atoms with van der Waals surface area (Å²) in [6, 6.07) is 10.2. The van der Waals surface area contributed by atoms with Crippen molar-refractivity contribution in [2.24, 2.45) is 0 Å². The molecule has 0 atom stereocenters. The average Bonchev–Trinajstić information content (AvgIpc) is 3.06. The first kappa shape index (κ1) is 17.2. The monoisotopic (exact) mass is 336 g/mol. The average molecular weight is 336 g/mol. The molecule has 1 amide bonds. The number of hydrogen-bond acceptors (Lipinski definition) is 3. The van der Waals surface area contributed by atoms with Gasteiger partial charge in [0.2, 0.25) is 6.41 Å². The molecule has 1 aromatic heterocycles. The maximum atomic E-state index is 10.5. The third-order valence-corrected chi connectivity index (χ3v) is 4.31. The van der Waals surface area contributed by atoms with Crippen molar-refractivity contribution in [2.45, 2.75) is 25.8 Å². The van der Waals surface area contributed by atoms with Gasteiger partial charge in [-0.2, -0.15) is 5.10 Å². The molecule has 2 aromatic rings. The van der Waals surface area contributed by atoms with E-state index in [9.17, 15) is 4.79 Å². The number of nitrogens with zero attached hydrogens (tertiary/aromatic N) is 1. The number of nitrogens with one attached hydrogen (secondary N) is 3. The predicted molar refractivity (Wildman–Crippen MR) is 100.0 cm³/mol. The first-order chi connectivity index (χ1) is 12.4. The fourth-order valence-corrected chi connectivity index (χ4v) is 3.02. The zero-order valence-corrected chi connectivity index (χ0v) is 14.3. The van der Waals surface area contributed by atoms with Crippen molar-refractivity contribution in [1.29, 1.82) is 0 Å². The summed E-state index contributed by atoms with van der Waals surface area (Å²) < 4.78 is 0. The van der Waals surface area contributed by atoms with Crippen LogP contribution in [0.2, 0.25) is 0 Å². The fourth-order valence-electron chi connectivity index (χ4n) is 3.02. The first-order valence-corrected chi connectivity index (χ1v) is 8.73. The van der Waals surface area contributed by atoms with E-state index in [0.29, 0.717) is 6.54 Å². The summed E-state index contributed by atoms with van der Waals surface area (Å²) in [5.41, 5.74) is 5.64. The molecule has 1 aliphatic carbocycles. The Kier molecular flexibility index (Phi) is 6.17. The van der Waals surface area contributed by atoms with Crippen molar-refractivity contribution in [3.05, 3.63) is 65.4 Å². The summed E-state index contributed by atoms with van der Waals surface area (Å²) in [4.78, 5) is 10.5. The van der Waals surface area contributed by atoms with E-state index in [0.717, 1.165) is 55.7 Å². The van der Waals surface area contributed by atoms with Gasteiger partial charge in [-0.15, -0.1) is 0 Å². The van der Waals surface area contributed by atoms with Crippen molar-refractivity contribution in [3.63, 3.8) is 0 Å². The number of allylic oxidation sites excluding steroid dienone is 2. The number of carbonyl (C=O) groups excluding carboxylic acids is 1. The van der Waals surface area contributed by atoms with E-state index in [1.807, 2.05) is 18.2 Å². The molecule has 3 N–H and O–H groups in total. The Labute approximate surface area is 148 Å². The molecule has 0 aliphatic heterocycles. The minimum absolute atomic E-state index is 0.598. The van der Waals surface area contributed by atoms with Gasteiger partial charge in [0, 0.05) is 42.9 Å². The van der Waals surface area contributed by atoms with E-state index >= 15 is 0 Å². The molecule has 25 heavy (non-hydrogen) atoms. The molecule has 1 heterocycles. The Hall–Kier alpha value is -2.66. The Bertz CT molecular complexity index is 746. The number of hydrogen-bond donors (Lipinski definition) is 3. The molecule has 1 aliphatic rings. The van der Waals surface area contributed by atoms with Crippen LogP contribution in [0.15, 0.2) is 54.1 Å². The van der Waals surface area contributed by atoms with Gasteiger partial charge in [-0.1, -0.05) is 48.6 Å². The molecule has 130 valence electrons. The third-order valence-electron chi connectivity index (χ3n) is 4.31. The van der Waals surface area contributed by atoms with Crippen LogP contribution in [0.25, 0.3) is 11.3 Å². The van der Waals surface area contributed by atoms with Crippen molar-refractivity contribution < 1.29 is 4.79 Å². The van der Waals surface area contributed by atoms with Gasteiger partial charge in [-0.3, -0.25) is 9.89 Å². The second kappa shape index (κ2) is 8.99. The number of amides is 1. The fraction of sp³-hybridized carbons (Fsp3) is 0.300. The third kappa shape index (κ3) is 4.67. The van der Waals surface area contributed by atoms with Crippen molar-refractivity contribution in [1.82, 2.24) is 20.8 Å². The zero-order valence-electron chi connectivity index (χ0n) is 14.3. The normalized spacial score (nSPS) is 13.5. The first-order valence-electron chi connectivity index (χ1n) is 8.73. The summed E-state index contributed by atoms with van der Waals surface area (Å²) >= 11 is 0. The van der Waals surface area contributed by atoms with Gasteiger partial charge >= 0.3 is 0 Å². The summed E-state index contributed by atoms with van der Waals surface area (Å²) in [7, 11) is 0. The lowest BCUT2D eigenvalue weighted by Gasteiger charge is -2.10. The molecule has 0 unspecified atom stereocenters. The topological polar surface area (TPSA) is 69.8 Å². The van der Waals surface area contributed by atoms with Crippen LogP contribution in [-0.2, 0) is 17.8 Å². The SMILES string of the molecule is O=CNCCc1[nH]nc(-c2ccccc2)c1CNCC1=CCCC=C1. The van der Waals surface area contributed by atoms with Crippen LogP contribution < -0.4 is 10.6 Å². The van der Waals surface area contributed by atoms with E-state index in [-0.39, 0.29) is 0 Å². The second-order valence-electron chi connectivity index (χ2n) is 6.08. The molecule has 5 heteroatoms. The van der Waals surface area contributed by atoms with Gasteiger partial charge in [-0.25, -0.2) is 0 Å². The quantitative estimate of drug-likeness (QED) is 0.487. The van der Waals surface area contributed by atoms with Crippen molar-refractivity contribution >= 4 is 6.41 Å². The van der Waals surface area contributed by atoms with Crippen LogP contribution in [0.3, 0.4) is 0 Å². The number of carbonyl (C=O) groups is 1. The van der Waals surface area contributed by atoms with Gasteiger partial charge < -0.3 is 10.6 Å². The molecule has 3 rings (SSSR count). The van der Waals surface area contributed by atoms with Crippen molar-refractivity contribution in [3.8, 4) is 11.3 Å². The van der Waals surface area contributed by atoms with E-state index in [1.165, 1.54) is 11.1 Å². The van der Waals surface area contributed by atoms with E-state index < -0.39 is 0 Å². The minimum Gasteiger partial charge on any atom is -0.358 e. The summed E-state index contributed by atoms with van der Waals surface area (Å²) in [5, 5.41) is 13.9. The van der Waals surface area contributed by atoms with Gasteiger partial charge in [0.25, 0.3) is 0 Å². The maximum Gasteiger partial charge on any atom is 0.207 e. The summed E-state index contributed by atoms with van der Waals surface area (Å²) in [6.45, 7) is 2.19. The van der Waals surface area contributed by atoms with Crippen LogP contribution in [0.1, 0.15) is 24.1 Å². The van der Waals surface area contributed by atoms with Crippen LogP contribution >= 0.6 is 0 Å². The van der Waals surface area contributed by atoms with Gasteiger partial charge in [-0.05, 0) is 18.4 Å². The zero-order chi connectivity index (χ0) is 17.3. The van der Waals surface area contributed by atoms with Crippen molar-refractivity contribution in [2.75, 3.05) is 13.1 Å². The lowest BCUT2D eigenvalue weighted by molar-refractivity contribution is -0.109. The Morgan fingerprint density at radius 2 is 2.04 bits per heavy atom. The number of benzene rings is 1. The highest BCUT2D eigenvalue weighted by molar-refractivity contribution is 5.64. The lowest BCUT2D eigenvalue weighted by Crippen LogP contribution is -2.19. The van der Waals surface area contributed by atoms with Gasteiger partial charge in [0.15, 0.2) is 0 Å². The van der Waals surface area contributed by atoms with Gasteiger partial charge in [0.05, 0.1) is 5.69 Å². The maximum absolute atomic E-state index is 10.5. The molecular weight excluding hydrogens is 312 g/mol. The Morgan fingerprint density at radius 3 is 2.80 bits per heavy atom. The number of aromatic amines is 1. The molecule has 0 spiro atoms. The van der Waals surface area contributed by atoms with E-state index in [4.69, 9.17) is 0 Å².